The SMILES string of the molecule is C=COCCCNC(=O)c1cccc(Cl)c1[N+](=O)[O-]. The Morgan fingerprint density at radius 3 is 2.95 bits per heavy atom. The van der Waals surface area contributed by atoms with Gasteiger partial charge in [0.05, 0.1) is 17.8 Å². The molecule has 1 N–H and O–H groups in total. The standard InChI is InChI=1S/C12H13ClN2O4/c1-2-19-8-4-7-14-12(16)9-5-3-6-10(13)11(9)15(17)18/h2-3,5-6H,1,4,7-8H2,(H,14,16). The Morgan fingerprint density at radius 2 is 2.32 bits per heavy atom. The van der Waals surface area contributed by atoms with Gasteiger partial charge in [0.2, 0.25) is 0 Å². The van der Waals surface area contributed by atoms with Crippen LogP contribution in [0.4, 0.5) is 5.69 Å². The van der Waals surface area contributed by atoms with Crippen LogP contribution in [-0.4, -0.2) is 24.0 Å². The minimum atomic E-state index is -0.669. The Hall–Kier alpha value is -2.08. The molecule has 0 aliphatic carbocycles. The van der Waals surface area contributed by atoms with Crippen LogP contribution in [0.25, 0.3) is 0 Å². The number of nitro benzene ring substituents is 1. The molecule has 1 rings (SSSR count). The second-order valence-electron chi connectivity index (χ2n) is 3.54. The average molecular weight is 285 g/mol. The Labute approximate surface area is 115 Å². The van der Waals surface area contributed by atoms with E-state index >= 15 is 0 Å². The fraction of sp³-hybridized carbons (Fsp3) is 0.250. The van der Waals surface area contributed by atoms with Gasteiger partial charge in [0.25, 0.3) is 5.91 Å². The second kappa shape index (κ2) is 7.38. The molecule has 0 unspecified atom stereocenters. The number of hydrogen-bond acceptors (Lipinski definition) is 4. The van der Waals surface area contributed by atoms with Crippen molar-refractivity contribution in [1.29, 1.82) is 0 Å². The molecule has 0 atom stereocenters. The first kappa shape index (κ1) is 15.0. The summed E-state index contributed by atoms with van der Waals surface area (Å²) in [5.41, 5.74) is -0.439. The lowest BCUT2D eigenvalue weighted by Crippen LogP contribution is -2.26. The van der Waals surface area contributed by atoms with Crippen LogP contribution in [0.5, 0.6) is 0 Å². The summed E-state index contributed by atoms with van der Waals surface area (Å²) in [5, 5.41) is 13.4. The summed E-state index contributed by atoms with van der Waals surface area (Å²) in [4.78, 5) is 22.0. The second-order valence-corrected chi connectivity index (χ2v) is 3.95. The molecule has 0 spiro atoms. The Bertz CT molecular complexity index is 491. The molecule has 1 aromatic rings. The van der Waals surface area contributed by atoms with Crippen LogP contribution in [0.2, 0.25) is 5.02 Å². The highest BCUT2D eigenvalue weighted by Gasteiger charge is 2.23. The predicted octanol–water partition coefficient (Wildman–Crippen LogP) is 2.53. The largest absolute Gasteiger partial charge is 0.502 e. The number of hydrogen-bond donors (Lipinski definition) is 1. The van der Waals surface area contributed by atoms with Gasteiger partial charge < -0.3 is 10.1 Å². The first-order valence-electron chi connectivity index (χ1n) is 5.51. The van der Waals surface area contributed by atoms with Gasteiger partial charge in [-0.25, -0.2) is 0 Å². The van der Waals surface area contributed by atoms with Crippen molar-refractivity contribution in [2.75, 3.05) is 13.2 Å². The predicted molar refractivity (Wildman–Crippen MR) is 71.2 cm³/mol. The minimum absolute atomic E-state index is 0.0536. The number of carbonyl (C=O) groups excluding carboxylic acids is 1. The lowest BCUT2D eigenvalue weighted by Gasteiger charge is -2.06. The fourth-order valence-electron chi connectivity index (χ4n) is 1.42. The van der Waals surface area contributed by atoms with Crippen LogP contribution in [0.15, 0.2) is 31.0 Å². The molecule has 0 fully saturated rings. The van der Waals surface area contributed by atoms with Crippen LogP contribution >= 0.6 is 11.6 Å². The molecule has 1 aromatic carbocycles. The zero-order valence-electron chi connectivity index (χ0n) is 10.1. The maximum Gasteiger partial charge on any atom is 0.300 e. The molecule has 0 aromatic heterocycles. The number of nitrogens with one attached hydrogen (secondary N) is 1. The van der Waals surface area contributed by atoms with Crippen molar-refractivity contribution in [3.05, 3.63) is 51.7 Å². The number of halogens is 1. The highest BCUT2D eigenvalue weighted by atomic mass is 35.5. The molecule has 102 valence electrons. The highest BCUT2D eigenvalue weighted by Crippen LogP contribution is 2.27. The molecule has 6 nitrogen and oxygen atoms in total. The van der Waals surface area contributed by atoms with Gasteiger partial charge in [-0.05, 0) is 18.6 Å². The first-order chi connectivity index (χ1) is 9.07. The van der Waals surface area contributed by atoms with Crippen LogP contribution in [0.3, 0.4) is 0 Å². The lowest BCUT2D eigenvalue weighted by atomic mass is 10.1. The van der Waals surface area contributed by atoms with Gasteiger partial charge in [-0.15, -0.1) is 0 Å². The van der Waals surface area contributed by atoms with Crippen molar-refractivity contribution in [2.45, 2.75) is 6.42 Å². The van der Waals surface area contributed by atoms with Crippen LogP contribution in [0.1, 0.15) is 16.8 Å². The topological polar surface area (TPSA) is 81.5 Å². The third kappa shape index (κ3) is 4.26. The number of benzene rings is 1. The monoisotopic (exact) mass is 284 g/mol. The summed E-state index contributed by atoms with van der Waals surface area (Å²) < 4.78 is 4.89. The number of rotatable bonds is 7. The quantitative estimate of drug-likeness (QED) is 0.361. The normalized spacial score (nSPS) is 9.74. The molecule has 0 saturated carbocycles. The van der Waals surface area contributed by atoms with E-state index in [1.807, 2.05) is 0 Å². The maximum absolute atomic E-state index is 11.8. The number of nitro groups is 1. The van der Waals surface area contributed by atoms with E-state index < -0.39 is 10.8 Å². The van der Waals surface area contributed by atoms with Gasteiger partial charge in [-0.2, -0.15) is 0 Å². The van der Waals surface area contributed by atoms with Crippen molar-refractivity contribution in [1.82, 2.24) is 5.32 Å². The molecule has 0 radical (unpaired) electrons. The summed E-state index contributed by atoms with van der Waals surface area (Å²) in [5.74, 6) is -0.534. The Balaban J connectivity index is 2.69. The van der Waals surface area contributed by atoms with Crippen molar-refractivity contribution >= 4 is 23.2 Å². The number of ether oxygens (including phenoxy) is 1. The van der Waals surface area contributed by atoms with Gasteiger partial charge in [-0.3, -0.25) is 14.9 Å². The summed E-state index contributed by atoms with van der Waals surface area (Å²) in [7, 11) is 0. The number of nitrogens with zero attached hydrogens (tertiary/aromatic N) is 1. The van der Waals surface area contributed by atoms with Gasteiger partial charge in [0.1, 0.15) is 10.6 Å². The van der Waals surface area contributed by atoms with Gasteiger partial charge in [0, 0.05) is 6.54 Å². The van der Waals surface area contributed by atoms with Crippen LogP contribution < -0.4 is 5.32 Å². The van der Waals surface area contributed by atoms with Crippen molar-refractivity contribution < 1.29 is 14.5 Å². The molecule has 1 amide bonds. The van der Waals surface area contributed by atoms with E-state index in [9.17, 15) is 14.9 Å². The Morgan fingerprint density at radius 1 is 1.58 bits per heavy atom. The van der Waals surface area contributed by atoms with E-state index in [-0.39, 0.29) is 16.3 Å². The van der Waals surface area contributed by atoms with Crippen molar-refractivity contribution in [2.24, 2.45) is 0 Å². The number of para-hydroxylation sites is 1. The summed E-state index contributed by atoms with van der Waals surface area (Å²) in [6.07, 6.45) is 1.88. The average Bonchev–Trinajstić information content (AvgIpc) is 2.37. The zero-order chi connectivity index (χ0) is 14.3. The molecule has 0 aliphatic heterocycles. The first-order valence-corrected chi connectivity index (χ1v) is 5.89. The Kier molecular flexibility index (Phi) is 5.81. The third-order valence-corrected chi connectivity index (χ3v) is 2.56. The fourth-order valence-corrected chi connectivity index (χ4v) is 1.66. The molecule has 7 heteroatoms. The van der Waals surface area contributed by atoms with E-state index in [0.717, 1.165) is 0 Å². The summed E-state index contributed by atoms with van der Waals surface area (Å²) in [6.45, 7) is 4.14. The smallest absolute Gasteiger partial charge is 0.300 e. The molecule has 0 saturated heterocycles. The van der Waals surface area contributed by atoms with Gasteiger partial charge >= 0.3 is 5.69 Å². The number of amides is 1. The molecule has 0 aliphatic rings. The lowest BCUT2D eigenvalue weighted by molar-refractivity contribution is -0.385. The summed E-state index contributed by atoms with van der Waals surface area (Å²) in [6, 6.07) is 4.22. The van der Waals surface area contributed by atoms with E-state index in [2.05, 4.69) is 11.9 Å². The summed E-state index contributed by atoms with van der Waals surface area (Å²) >= 11 is 5.72. The van der Waals surface area contributed by atoms with E-state index in [0.29, 0.717) is 19.6 Å². The van der Waals surface area contributed by atoms with E-state index in [4.69, 9.17) is 16.3 Å². The van der Waals surface area contributed by atoms with Crippen molar-refractivity contribution in [3.8, 4) is 0 Å². The number of carbonyl (C=O) groups is 1. The zero-order valence-corrected chi connectivity index (χ0v) is 10.9. The maximum atomic E-state index is 11.8. The van der Waals surface area contributed by atoms with Crippen molar-refractivity contribution in [3.63, 3.8) is 0 Å². The third-order valence-electron chi connectivity index (χ3n) is 2.26. The van der Waals surface area contributed by atoms with E-state index in [1.54, 1.807) is 0 Å². The van der Waals surface area contributed by atoms with Crippen LogP contribution in [0, 0.1) is 10.1 Å². The van der Waals surface area contributed by atoms with Gasteiger partial charge in [-0.1, -0.05) is 24.2 Å². The highest BCUT2D eigenvalue weighted by molar-refractivity contribution is 6.33. The molecule has 19 heavy (non-hydrogen) atoms. The molecule has 0 bridgehead atoms. The molecular weight excluding hydrogens is 272 g/mol. The minimum Gasteiger partial charge on any atom is -0.502 e. The van der Waals surface area contributed by atoms with E-state index in [1.165, 1.54) is 24.5 Å². The van der Waals surface area contributed by atoms with Gasteiger partial charge in [0.15, 0.2) is 0 Å². The van der Waals surface area contributed by atoms with Crippen LogP contribution in [-0.2, 0) is 4.74 Å². The molecular formula is C12H13ClN2O4. The molecule has 0 heterocycles.